The molecular formula is C25H19Cl2NO5. The van der Waals surface area contributed by atoms with Crippen molar-refractivity contribution in [2.45, 2.75) is 13.0 Å². The Kier molecular flexibility index (Phi) is 6.06. The summed E-state index contributed by atoms with van der Waals surface area (Å²) in [6, 6.07) is 14.9. The largest absolute Gasteiger partial charge is 0.508 e. The molecule has 1 heterocycles. The predicted octanol–water partition coefficient (Wildman–Crippen LogP) is 5.64. The highest BCUT2D eigenvalue weighted by Gasteiger charge is 2.47. The molecule has 0 radical (unpaired) electrons. The lowest BCUT2D eigenvalue weighted by molar-refractivity contribution is -0.132. The molecule has 1 aliphatic heterocycles. The van der Waals surface area contributed by atoms with Crippen molar-refractivity contribution in [2.75, 3.05) is 12.0 Å². The molecule has 168 valence electrons. The maximum atomic E-state index is 13.2. The summed E-state index contributed by atoms with van der Waals surface area (Å²) in [5.41, 5.74) is 1.68. The van der Waals surface area contributed by atoms with Crippen molar-refractivity contribution in [1.82, 2.24) is 0 Å². The Morgan fingerprint density at radius 2 is 1.73 bits per heavy atom. The standard InChI is InChI=1S/C25H19Cl2NO5/c1-13-10-18(24(33-2)19(27)11-13)22(30)20-21(14-6-8-17(29)9-7-14)28(25(32)23(20)31)16-5-3-4-15(26)12-16/h3-12,21,29-30H,1-2H3/b22-20+. The summed E-state index contributed by atoms with van der Waals surface area (Å²) in [5, 5.41) is 21.7. The number of methoxy groups -OCH3 is 1. The molecule has 4 rings (SSSR count). The lowest BCUT2D eigenvalue weighted by atomic mass is 9.94. The van der Waals surface area contributed by atoms with Gasteiger partial charge in [-0.3, -0.25) is 14.5 Å². The number of amides is 1. The van der Waals surface area contributed by atoms with Gasteiger partial charge in [0.15, 0.2) is 0 Å². The molecule has 1 unspecified atom stereocenters. The van der Waals surface area contributed by atoms with Gasteiger partial charge in [-0.05, 0) is 60.5 Å². The van der Waals surface area contributed by atoms with Crippen LogP contribution in [0.15, 0.2) is 66.2 Å². The van der Waals surface area contributed by atoms with Gasteiger partial charge in [0.1, 0.15) is 17.3 Å². The summed E-state index contributed by atoms with van der Waals surface area (Å²) >= 11 is 12.4. The van der Waals surface area contributed by atoms with E-state index in [1.54, 1.807) is 55.5 Å². The fraction of sp³-hybridized carbons (Fsp3) is 0.120. The van der Waals surface area contributed by atoms with Crippen LogP contribution in [-0.4, -0.2) is 29.0 Å². The highest BCUT2D eigenvalue weighted by atomic mass is 35.5. The molecule has 3 aromatic rings. The van der Waals surface area contributed by atoms with Gasteiger partial charge in [0.05, 0.1) is 29.3 Å². The van der Waals surface area contributed by atoms with Crippen LogP contribution in [0, 0.1) is 6.92 Å². The molecule has 3 aromatic carbocycles. The summed E-state index contributed by atoms with van der Waals surface area (Å²) in [5.74, 6) is -1.91. The van der Waals surface area contributed by atoms with Gasteiger partial charge in [-0.15, -0.1) is 0 Å². The number of hydrogen-bond acceptors (Lipinski definition) is 5. The number of nitrogens with zero attached hydrogens (tertiary/aromatic N) is 1. The van der Waals surface area contributed by atoms with Gasteiger partial charge in [0, 0.05) is 10.7 Å². The Labute approximate surface area is 200 Å². The number of halogens is 2. The van der Waals surface area contributed by atoms with Gasteiger partial charge in [-0.25, -0.2) is 0 Å². The van der Waals surface area contributed by atoms with Crippen LogP contribution in [-0.2, 0) is 9.59 Å². The quantitative estimate of drug-likeness (QED) is 0.284. The van der Waals surface area contributed by atoms with Crippen molar-refractivity contribution < 1.29 is 24.5 Å². The molecule has 1 atom stereocenters. The summed E-state index contributed by atoms with van der Waals surface area (Å²) in [6.07, 6.45) is 0. The number of aliphatic hydroxyl groups is 1. The molecule has 0 aliphatic carbocycles. The van der Waals surface area contributed by atoms with E-state index in [4.69, 9.17) is 27.9 Å². The first kappa shape index (κ1) is 22.7. The number of Topliss-reactive ketones (excluding diaryl/α,β-unsaturated/α-hetero) is 1. The number of aryl methyl sites for hydroxylation is 1. The molecule has 1 aliphatic rings. The maximum absolute atomic E-state index is 13.2. The first-order valence-corrected chi connectivity index (χ1v) is 10.7. The SMILES string of the molecule is COc1c(Cl)cc(C)cc1/C(O)=C1\C(=O)C(=O)N(c2cccc(Cl)c2)C1c1ccc(O)cc1. The van der Waals surface area contributed by atoms with Crippen molar-refractivity contribution in [3.8, 4) is 11.5 Å². The van der Waals surface area contributed by atoms with Crippen molar-refractivity contribution >= 4 is 46.3 Å². The zero-order valence-electron chi connectivity index (χ0n) is 17.7. The first-order chi connectivity index (χ1) is 15.7. The number of aliphatic hydroxyl groups excluding tert-OH is 1. The molecule has 6 nitrogen and oxygen atoms in total. The third kappa shape index (κ3) is 4.03. The second-order valence-corrected chi connectivity index (χ2v) is 8.41. The zero-order chi connectivity index (χ0) is 23.9. The van der Waals surface area contributed by atoms with Crippen LogP contribution in [0.1, 0.15) is 22.7 Å². The number of aromatic hydroxyl groups is 1. The minimum Gasteiger partial charge on any atom is -0.508 e. The van der Waals surface area contributed by atoms with Crippen LogP contribution in [0.4, 0.5) is 5.69 Å². The summed E-state index contributed by atoms with van der Waals surface area (Å²) in [6.45, 7) is 1.78. The van der Waals surface area contributed by atoms with Gasteiger partial charge >= 0.3 is 0 Å². The number of rotatable bonds is 4. The number of hydrogen-bond donors (Lipinski definition) is 2. The molecule has 0 bridgehead atoms. The normalized spacial score (nSPS) is 17.5. The number of anilines is 1. The lowest BCUT2D eigenvalue weighted by Crippen LogP contribution is -2.29. The van der Waals surface area contributed by atoms with Crippen LogP contribution in [0.5, 0.6) is 11.5 Å². The van der Waals surface area contributed by atoms with Gasteiger partial charge < -0.3 is 14.9 Å². The fourth-order valence-electron chi connectivity index (χ4n) is 3.95. The Morgan fingerprint density at radius 1 is 1.03 bits per heavy atom. The van der Waals surface area contributed by atoms with E-state index in [1.165, 1.54) is 24.1 Å². The van der Waals surface area contributed by atoms with E-state index in [2.05, 4.69) is 0 Å². The predicted molar refractivity (Wildman–Crippen MR) is 127 cm³/mol. The number of carbonyl (C=O) groups is 2. The summed E-state index contributed by atoms with van der Waals surface area (Å²) in [4.78, 5) is 27.7. The van der Waals surface area contributed by atoms with Gasteiger partial charge in [-0.2, -0.15) is 0 Å². The average molecular weight is 484 g/mol. The first-order valence-electron chi connectivity index (χ1n) is 9.93. The molecular weight excluding hydrogens is 465 g/mol. The van der Waals surface area contributed by atoms with E-state index in [0.717, 1.165) is 5.56 Å². The number of carbonyl (C=O) groups excluding carboxylic acids is 2. The third-order valence-electron chi connectivity index (χ3n) is 5.39. The van der Waals surface area contributed by atoms with E-state index in [1.807, 2.05) is 0 Å². The number of ether oxygens (including phenoxy) is 1. The van der Waals surface area contributed by atoms with Crippen LogP contribution >= 0.6 is 23.2 Å². The molecule has 0 saturated carbocycles. The number of benzene rings is 3. The third-order valence-corrected chi connectivity index (χ3v) is 5.90. The Morgan fingerprint density at radius 3 is 2.36 bits per heavy atom. The average Bonchev–Trinajstić information content (AvgIpc) is 3.04. The minimum atomic E-state index is -0.979. The van der Waals surface area contributed by atoms with E-state index < -0.39 is 23.5 Å². The maximum Gasteiger partial charge on any atom is 0.300 e. The van der Waals surface area contributed by atoms with Gasteiger partial charge in [0.2, 0.25) is 0 Å². The Bertz CT molecular complexity index is 1300. The number of phenols is 1. The van der Waals surface area contributed by atoms with E-state index in [0.29, 0.717) is 16.3 Å². The smallest absolute Gasteiger partial charge is 0.300 e. The second kappa shape index (κ2) is 8.81. The summed E-state index contributed by atoms with van der Waals surface area (Å²) < 4.78 is 5.37. The minimum absolute atomic E-state index is 0.0191. The molecule has 1 amide bonds. The van der Waals surface area contributed by atoms with Crippen LogP contribution in [0.2, 0.25) is 10.0 Å². The second-order valence-electron chi connectivity index (χ2n) is 7.57. The number of ketones is 1. The van der Waals surface area contributed by atoms with Gasteiger partial charge in [-0.1, -0.05) is 41.4 Å². The lowest BCUT2D eigenvalue weighted by Gasteiger charge is -2.25. The van der Waals surface area contributed by atoms with Crippen molar-refractivity contribution in [2.24, 2.45) is 0 Å². The monoisotopic (exact) mass is 483 g/mol. The van der Waals surface area contributed by atoms with Crippen LogP contribution in [0.3, 0.4) is 0 Å². The molecule has 8 heteroatoms. The Hall–Kier alpha value is -3.48. The van der Waals surface area contributed by atoms with Crippen LogP contribution in [0.25, 0.3) is 5.76 Å². The molecule has 1 fully saturated rings. The zero-order valence-corrected chi connectivity index (χ0v) is 19.2. The van der Waals surface area contributed by atoms with E-state index in [9.17, 15) is 19.8 Å². The van der Waals surface area contributed by atoms with Crippen molar-refractivity contribution in [3.63, 3.8) is 0 Å². The van der Waals surface area contributed by atoms with Crippen LogP contribution < -0.4 is 9.64 Å². The van der Waals surface area contributed by atoms with E-state index in [-0.39, 0.29) is 27.7 Å². The molecule has 1 saturated heterocycles. The molecule has 33 heavy (non-hydrogen) atoms. The van der Waals surface area contributed by atoms with E-state index >= 15 is 0 Å². The highest BCUT2D eigenvalue weighted by Crippen LogP contribution is 2.45. The number of phenolic OH excluding ortho intramolecular Hbond substituents is 1. The molecule has 0 spiro atoms. The topological polar surface area (TPSA) is 87.1 Å². The van der Waals surface area contributed by atoms with Crippen molar-refractivity contribution in [3.05, 3.63) is 93.0 Å². The fourth-order valence-corrected chi connectivity index (χ4v) is 4.49. The van der Waals surface area contributed by atoms with Gasteiger partial charge in [0.25, 0.3) is 11.7 Å². The molecule has 0 aromatic heterocycles. The summed E-state index contributed by atoms with van der Waals surface area (Å²) in [7, 11) is 1.40. The highest BCUT2D eigenvalue weighted by molar-refractivity contribution is 6.52. The Balaban J connectivity index is 2.01. The van der Waals surface area contributed by atoms with Crippen molar-refractivity contribution in [1.29, 1.82) is 0 Å². The molecule has 2 N–H and O–H groups in total.